The molecular weight excluding hydrogens is 426 g/mol. The van der Waals surface area contributed by atoms with Crippen LogP contribution in [-0.4, -0.2) is 37.8 Å². The Labute approximate surface area is 191 Å². The van der Waals surface area contributed by atoms with E-state index in [0.29, 0.717) is 41.7 Å². The topological polar surface area (TPSA) is 97.0 Å². The number of carbonyl (C=O) groups excluding carboxylic acids is 2. The van der Waals surface area contributed by atoms with Crippen molar-refractivity contribution in [3.05, 3.63) is 69.2 Å². The van der Waals surface area contributed by atoms with Gasteiger partial charge in [-0.15, -0.1) is 0 Å². The van der Waals surface area contributed by atoms with Crippen LogP contribution in [0, 0.1) is 6.92 Å². The minimum atomic E-state index is -0.511. The number of ether oxygens (including phenoxy) is 3. The maximum atomic E-state index is 12.3. The van der Waals surface area contributed by atoms with E-state index in [1.54, 1.807) is 19.2 Å². The molecule has 0 fully saturated rings. The molecule has 0 saturated carbocycles. The van der Waals surface area contributed by atoms with Crippen molar-refractivity contribution >= 4 is 28.6 Å². The minimum Gasteiger partial charge on any atom is -0.496 e. The first-order valence-corrected chi connectivity index (χ1v) is 10.4. The fourth-order valence-electron chi connectivity index (χ4n) is 3.69. The van der Waals surface area contributed by atoms with Crippen molar-refractivity contribution in [3.63, 3.8) is 0 Å². The van der Waals surface area contributed by atoms with Crippen molar-refractivity contribution in [3.8, 4) is 5.75 Å². The van der Waals surface area contributed by atoms with Crippen molar-refractivity contribution < 1.29 is 28.2 Å². The van der Waals surface area contributed by atoms with Crippen LogP contribution in [0.4, 0.5) is 0 Å². The number of oxazole rings is 1. The summed E-state index contributed by atoms with van der Waals surface area (Å²) in [6.07, 6.45) is 3.50. The molecule has 0 saturated heterocycles. The monoisotopic (exact) mass is 453 g/mol. The van der Waals surface area contributed by atoms with Gasteiger partial charge >= 0.3 is 17.7 Å². The Morgan fingerprint density at radius 1 is 1.06 bits per heavy atom. The van der Waals surface area contributed by atoms with Crippen LogP contribution in [0.15, 0.2) is 45.6 Å². The van der Waals surface area contributed by atoms with Gasteiger partial charge in [0, 0.05) is 13.5 Å². The summed E-state index contributed by atoms with van der Waals surface area (Å²) in [6.45, 7) is 1.87. The Balaban J connectivity index is 2.14. The van der Waals surface area contributed by atoms with E-state index in [1.165, 1.54) is 25.9 Å². The maximum absolute atomic E-state index is 12.3. The third-order valence-corrected chi connectivity index (χ3v) is 5.47. The Morgan fingerprint density at radius 3 is 2.48 bits per heavy atom. The number of aryl methyl sites for hydroxylation is 2. The summed E-state index contributed by atoms with van der Waals surface area (Å²) < 4.78 is 21.8. The predicted molar refractivity (Wildman–Crippen MR) is 123 cm³/mol. The number of aromatic nitrogens is 1. The average Bonchev–Trinajstić information content (AvgIpc) is 3.12. The number of fused-ring (bicyclic) bond motifs is 1. The molecule has 1 aromatic heterocycles. The Morgan fingerprint density at radius 2 is 1.82 bits per heavy atom. The quantitative estimate of drug-likeness (QED) is 0.375. The van der Waals surface area contributed by atoms with E-state index in [0.717, 1.165) is 22.3 Å². The molecule has 0 aliphatic rings. The zero-order valence-corrected chi connectivity index (χ0v) is 19.4. The van der Waals surface area contributed by atoms with E-state index in [1.807, 2.05) is 31.2 Å². The Bertz CT molecular complexity index is 1280. The second-order valence-corrected chi connectivity index (χ2v) is 7.56. The minimum absolute atomic E-state index is 0.270. The summed E-state index contributed by atoms with van der Waals surface area (Å²) in [5.41, 5.74) is 4.75. The van der Waals surface area contributed by atoms with Gasteiger partial charge in [0.15, 0.2) is 5.58 Å². The first kappa shape index (κ1) is 23.8. The second-order valence-electron chi connectivity index (χ2n) is 7.56. The molecule has 2 aromatic carbocycles. The molecule has 0 atom stereocenters. The number of rotatable bonds is 8. The van der Waals surface area contributed by atoms with Gasteiger partial charge < -0.3 is 18.6 Å². The number of hydrogen-bond donors (Lipinski definition) is 0. The number of nitrogens with zero attached hydrogens (tertiary/aromatic N) is 1. The number of esters is 2. The molecule has 8 nitrogen and oxygen atoms in total. The molecule has 0 spiro atoms. The van der Waals surface area contributed by atoms with E-state index < -0.39 is 11.7 Å². The summed E-state index contributed by atoms with van der Waals surface area (Å²) in [4.78, 5) is 35.9. The molecule has 0 bridgehead atoms. The molecule has 0 amide bonds. The summed E-state index contributed by atoms with van der Waals surface area (Å²) >= 11 is 0. The predicted octanol–water partition coefficient (Wildman–Crippen LogP) is 4.01. The molecule has 0 unspecified atom stereocenters. The van der Waals surface area contributed by atoms with Crippen LogP contribution >= 0.6 is 0 Å². The van der Waals surface area contributed by atoms with Gasteiger partial charge in [0.05, 0.1) is 26.8 Å². The number of unbranched alkanes of at least 4 members (excludes halogenated alkanes) is 1. The van der Waals surface area contributed by atoms with E-state index in [-0.39, 0.29) is 5.97 Å². The van der Waals surface area contributed by atoms with Gasteiger partial charge in [-0.1, -0.05) is 12.1 Å². The first-order valence-electron chi connectivity index (χ1n) is 10.4. The molecular formula is C25H27NO7. The van der Waals surface area contributed by atoms with Gasteiger partial charge in [-0.25, -0.2) is 9.59 Å². The van der Waals surface area contributed by atoms with Gasteiger partial charge in [0.25, 0.3) is 0 Å². The van der Waals surface area contributed by atoms with Crippen LogP contribution in [0.3, 0.4) is 0 Å². The van der Waals surface area contributed by atoms with Crippen LogP contribution in [-0.2, 0) is 21.3 Å². The third-order valence-electron chi connectivity index (χ3n) is 5.47. The van der Waals surface area contributed by atoms with Crippen molar-refractivity contribution in [2.75, 3.05) is 21.3 Å². The lowest BCUT2D eigenvalue weighted by atomic mass is 9.93. The molecule has 174 valence electrons. The summed E-state index contributed by atoms with van der Waals surface area (Å²) in [5, 5.41) is 0. The molecule has 0 radical (unpaired) electrons. The number of carbonyl (C=O) groups is 2. The lowest BCUT2D eigenvalue weighted by molar-refractivity contribution is -0.140. The highest BCUT2D eigenvalue weighted by Crippen LogP contribution is 2.32. The van der Waals surface area contributed by atoms with Gasteiger partial charge in [-0.3, -0.25) is 9.36 Å². The van der Waals surface area contributed by atoms with Crippen LogP contribution < -0.4 is 10.5 Å². The van der Waals surface area contributed by atoms with Crippen molar-refractivity contribution in [1.29, 1.82) is 0 Å². The highest BCUT2D eigenvalue weighted by atomic mass is 16.5. The first-order chi connectivity index (χ1) is 15.8. The average molecular weight is 453 g/mol. The van der Waals surface area contributed by atoms with E-state index in [4.69, 9.17) is 18.6 Å². The standard InChI is InChI=1S/C25H27NO7/c1-15-12-17(14-20-23(15)33-25(29)26(20)2)18(8-6-7-9-22(27)31-4)16-10-11-21(30-3)19(13-16)24(28)32-5/h8,10-14H,6-7,9H2,1-5H3. The lowest BCUT2D eigenvalue weighted by Crippen LogP contribution is -2.08. The summed E-state index contributed by atoms with van der Waals surface area (Å²) in [6, 6.07) is 9.08. The van der Waals surface area contributed by atoms with Crippen LogP contribution in [0.1, 0.15) is 46.3 Å². The van der Waals surface area contributed by atoms with E-state index in [9.17, 15) is 14.4 Å². The molecule has 33 heavy (non-hydrogen) atoms. The fourth-order valence-corrected chi connectivity index (χ4v) is 3.69. The van der Waals surface area contributed by atoms with Crippen molar-refractivity contribution in [1.82, 2.24) is 4.57 Å². The third kappa shape index (κ3) is 5.00. The number of allylic oxidation sites excluding steroid dienone is 1. The van der Waals surface area contributed by atoms with E-state index in [2.05, 4.69) is 0 Å². The van der Waals surface area contributed by atoms with Crippen LogP contribution in [0.25, 0.3) is 16.7 Å². The van der Waals surface area contributed by atoms with Gasteiger partial charge in [-0.2, -0.15) is 0 Å². The summed E-state index contributed by atoms with van der Waals surface area (Å²) in [7, 11) is 5.82. The second kappa shape index (κ2) is 10.2. The van der Waals surface area contributed by atoms with Crippen LogP contribution in [0.5, 0.6) is 5.75 Å². The maximum Gasteiger partial charge on any atom is 0.419 e. The van der Waals surface area contributed by atoms with Gasteiger partial charge in [0.1, 0.15) is 11.3 Å². The molecule has 0 aliphatic heterocycles. The van der Waals surface area contributed by atoms with Crippen molar-refractivity contribution in [2.24, 2.45) is 7.05 Å². The molecule has 3 aromatic rings. The Hall–Kier alpha value is -3.81. The number of methoxy groups -OCH3 is 3. The fraction of sp³-hybridized carbons (Fsp3) is 0.320. The molecule has 1 heterocycles. The largest absolute Gasteiger partial charge is 0.496 e. The highest BCUT2D eigenvalue weighted by molar-refractivity contribution is 5.95. The SMILES string of the molecule is COC(=O)CCCC=C(c1ccc(OC)c(C(=O)OC)c1)c1cc(C)c2oc(=O)n(C)c2c1. The van der Waals surface area contributed by atoms with Crippen LogP contribution in [0.2, 0.25) is 0 Å². The summed E-state index contributed by atoms with van der Waals surface area (Å²) in [5.74, 6) is -0.818. The smallest absolute Gasteiger partial charge is 0.419 e. The molecule has 0 aliphatic carbocycles. The highest BCUT2D eigenvalue weighted by Gasteiger charge is 2.18. The van der Waals surface area contributed by atoms with Gasteiger partial charge in [0.2, 0.25) is 0 Å². The molecule has 0 N–H and O–H groups in total. The molecule has 3 rings (SSSR count). The molecule has 8 heteroatoms. The number of benzene rings is 2. The van der Waals surface area contributed by atoms with Crippen molar-refractivity contribution in [2.45, 2.75) is 26.2 Å². The lowest BCUT2D eigenvalue weighted by Gasteiger charge is -2.14. The normalized spacial score (nSPS) is 11.5. The zero-order valence-electron chi connectivity index (χ0n) is 19.4. The zero-order chi connectivity index (χ0) is 24.1. The van der Waals surface area contributed by atoms with E-state index >= 15 is 0 Å². The number of hydrogen-bond acceptors (Lipinski definition) is 7. The van der Waals surface area contributed by atoms with Gasteiger partial charge in [-0.05, 0) is 66.3 Å². The Kier molecular flexibility index (Phi) is 7.37.